The molecular formula is C19H26N4O2. The number of aliphatic hydroxyl groups is 1. The molecule has 0 spiro atoms. The molecule has 1 saturated heterocycles. The van der Waals surface area contributed by atoms with Crippen molar-refractivity contribution in [3.05, 3.63) is 42.1 Å². The van der Waals surface area contributed by atoms with Crippen LogP contribution >= 0.6 is 0 Å². The van der Waals surface area contributed by atoms with Gasteiger partial charge in [0.2, 0.25) is 0 Å². The second-order valence-electron chi connectivity index (χ2n) is 7.02. The summed E-state index contributed by atoms with van der Waals surface area (Å²) in [6.45, 7) is 2.35. The fourth-order valence-electron chi connectivity index (χ4n) is 3.35. The summed E-state index contributed by atoms with van der Waals surface area (Å²) in [4.78, 5) is 20.6. The van der Waals surface area contributed by atoms with E-state index < -0.39 is 6.10 Å². The highest BCUT2D eigenvalue weighted by Crippen LogP contribution is 2.19. The Labute approximate surface area is 148 Å². The second-order valence-corrected chi connectivity index (χ2v) is 7.02. The summed E-state index contributed by atoms with van der Waals surface area (Å²) in [6.07, 6.45) is 2.15. The SMILES string of the molecule is CN(C)C[C@@H]1CCN(C(=O)NCc2cnc3ccccc3c2)C[C@H]1O. The zero-order valence-electron chi connectivity index (χ0n) is 14.9. The van der Waals surface area contributed by atoms with E-state index in [4.69, 9.17) is 0 Å². The van der Waals surface area contributed by atoms with Crippen LogP contribution in [0.3, 0.4) is 0 Å². The smallest absolute Gasteiger partial charge is 0.317 e. The summed E-state index contributed by atoms with van der Waals surface area (Å²) in [5.41, 5.74) is 1.92. The lowest BCUT2D eigenvalue weighted by Crippen LogP contribution is -2.51. The molecule has 1 aromatic heterocycles. The van der Waals surface area contributed by atoms with E-state index in [9.17, 15) is 9.90 Å². The third kappa shape index (κ3) is 4.46. The van der Waals surface area contributed by atoms with E-state index in [1.165, 1.54) is 0 Å². The van der Waals surface area contributed by atoms with Crippen LogP contribution < -0.4 is 5.32 Å². The molecule has 1 aliphatic heterocycles. The van der Waals surface area contributed by atoms with Crippen LogP contribution in [0.15, 0.2) is 36.5 Å². The molecule has 2 amide bonds. The molecule has 0 bridgehead atoms. The van der Waals surface area contributed by atoms with Crippen LogP contribution in [0.4, 0.5) is 4.79 Å². The number of para-hydroxylation sites is 1. The molecule has 134 valence electrons. The van der Waals surface area contributed by atoms with Gasteiger partial charge in [0, 0.05) is 43.7 Å². The molecule has 2 aromatic rings. The molecule has 1 aromatic carbocycles. The molecule has 2 atom stereocenters. The van der Waals surface area contributed by atoms with Crippen LogP contribution in [0.25, 0.3) is 10.9 Å². The quantitative estimate of drug-likeness (QED) is 0.887. The van der Waals surface area contributed by atoms with Crippen LogP contribution in [-0.2, 0) is 6.54 Å². The van der Waals surface area contributed by atoms with Gasteiger partial charge >= 0.3 is 6.03 Å². The van der Waals surface area contributed by atoms with Crippen molar-refractivity contribution >= 4 is 16.9 Å². The highest BCUT2D eigenvalue weighted by atomic mass is 16.3. The molecule has 0 radical (unpaired) electrons. The number of likely N-dealkylation sites (tertiary alicyclic amines) is 1. The van der Waals surface area contributed by atoms with E-state index in [1.807, 2.05) is 44.4 Å². The summed E-state index contributed by atoms with van der Waals surface area (Å²) < 4.78 is 0. The molecule has 3 rings (SSSR count). The molecule has 2 N–H and O–H groups in total. The largest absolute Gasteiger partial charge is 0.391 e. The lowest BCUT2D eigenvalue weighted by atomic mass is 9.93. The molecule has 0 unspecified atom stereocenters. The van der Waals surface area contributed by atoms with E-state index in [-0.39, 0.29) is 11.9 Å². The number of β-amino-alcohol motifs (C(OH)–C–C–N with tert-alkyl or cyclic N) is 1. The van der Waals surface area contributed by atoms with Crippen molar-refractivity contribution in [2.75, 3.05) is 33.7 Å². The first-order chi connectivity index (χ1) is 12.0. The maximum absolute atomic E-state index is 12.4. The van der Waals surface area contributed by atoms with E-state index in [0.717, 1.165) is 29.4 Å². The Morgan fingerprint density at radius 1 is 1.40 bits per heavy atom. The molecular weight excluding hydrogens is 316 g/mol. The fourth-order valence-corrected chi connectivity index (χ4v) is 3.35. The van der Waals surface area contributed by atoms with E-state index in [0.29, 0.717) is 19.6 Å². The number of benzene rings is 1. The number of piperidine rings is 1. The van der Waals surface area contributed by atoms with Gasteiger partial charge in [-0.25, -0.2) is 4.79 Å². The molecule has 1 aliphatic rings. The average Bonchev–Trinajstić information content (AvgIpc) is 2.61. The lowest BCUT2D eigenvalue weighted by Gasteiger charge is -2.37. The van der Waals surface area contributed by atoms with Gasteiger partial charge in [0.25, 0.3) is 0 Å². The fraction of sp³-hybridized carbons (Fsp3) is 0.474. The van der Waals surface area contributed by atoms with Gasteiger partial charge in [0.1, 0.15) is 0 Å². The number of nitrogens with one attached hydrogen (secondary N) is 1. The number of hydrogen-bond acceptors (Lipinski definition) is 4. The van der Waals surface area contributed by atoms with Gasteiger partial charge in [-0.15, -0.1) is 0 Å². The zero-order valence-corrected chi connectivity index (χ0v) is 14.9. The number of aliphatic hydroxyl groups excluding tert-OH is 1. The molecule has 25 heavy (non-hydrogen) atoms. The van der Waals surface area contributed by atoms with E-state index >= 15 is 0 Å². The van der Waals surface area contributed by atoms with E-state index in [1.54, 1.807) is 11.1 Å². The predicted molar refractivity (Wildman–Crippen MR) is 98.2 cm³/mol. The van der Waals surface area contributed by atoms with Crippen LogP contribution in [0.5, 0.6) is 0 Å². The number of aromatic nitrogens is 1. The zero-order chi connectivity index (χ0) is 17.8. The minimum Gasteiger partial charge on any atom is -0.391 e. The second kappa shape index (κ2) is 7.80. The number of carbonyl (C=O) groups excluding carboxylic acids is 1. The Morgan fingerprint density at radius 3 is 2.96 bits per heavy atom. The topological polar surface area (TPSA) is 68.7 Å². The van der Waals surface area contributed by atoms with E-state index in [2.05, 4.69) is 15.2 Å². The standard InChI is InChI=1S/C19H26N4O2/c1-22(2)12-16-7-8-23(13-18(16)24)19(25)21-11-14-9-15-5-3-4-6-17(15)20-10-14/h3-6,9-10,16,18,24H,7-8,11-13H2,1-2H3,(H,21,25)/t16-,18+/m0/s1. The van der Waals surface area contributed by atoms with Crippen molar-refractivity contribution in [2.45, 2.75) is 19.1 Å². The number of amides is 2. The maximum Gasteiger partial charge on any atom is 0.317 e. The van der Waals surface area contributed by atoms with Crippen molar-refractivity contribution < 1.29 is 9.90 Å². The molecule has 1 fully saturated rings. The molecule has 0 saturated carbocycles. The molecule has 0 aliphatic carbocycles. The molecule has 6 heteroatoms. The average molecular weight is 342 g/mol. The number of urea groups is 1. The first-order valence-electron chi connectivity index (χ1n) is 8.72. The van der Waals surface area contributed by atoms with Crippen molar-refractivity contribution in [3.63, 3.8) is 0 Å². The van der Waals surface area contributed by atoms with Gasteiger partial charge in [-0.2, -0.15) is 0 Å². The third-order valence-corrected chi connectivity index (χ3v) is 4.70. The number of pyridine rings is 1. The van der Waals surface area contributed by atoms with Gasteiger partial charge in [0.15, 0.2) is 0 Å². The van der Waals surface area contributed by atoms with Crippen molar-refractivity contribution in [1.82, 2.24) is 20.1 Å². The third-order valence-electron chi connectivity index (χ3n) is 4.70. The first-order valence-corrected chi connectivity index (χ1v) is 8.72. The Morgan fingerprint density at radius 2 is 2.20 bits per heavy atom. The number of rotatable bonds is 4. The van der Waals surface area contributed by atoms with Gasteiger partial charge in [-0.1, -0.05) is 18.2 Å². The Balaban J connectivity index is 1.54. The Bertz CT molecular complexity index is 734. The van der Waals surface area contributed by atoms with Gasteiger partial charge in [0.05, 0.1) is 11.6 Å². The van der Waals surface area contributed by atoms with Gasteiger partial charge < -0.3 is 20.2 Å². The minimum absolute atomic E-state index is 0.129. The minimum atomic E-state index is -0.468. The summed E-state index contributed by atoms with van der Waals surface area (Å²) in [7, 11) is 4.01. The van der Waals surface area contributed by atoms with Crippen LogP contribution in [0.1, 0.15) is 12.0 Å². The van der Waals surface area contributed by atoms with Gasteiger partial charge in [-0.3, -0.25) is 4.98 Å². The van der Waals surface area contributed by atoms with Crippen LogP contribution in [-0.4, -0.2) is 65.8 Å². The van der Waals surface area contributed by atoms with Crippen molar-refractivity contribution in [3.8, 4) is 0 Å². The number of fused-ring (bicyclic) bond motifs is 1. The summed E-state index contributed by atoms with van der Waals surface area (Å²) in [5, 5.41) is 14.3. The number of hydrogen-bond donors (Lipinski definition) is 2. The van der Waals surface area contributed by atoms with Gasteiger partial charge in [-0.05, 0) is 38.2 Å². The normalized spacial score (nSPS) is 20.9. The molecule has 6 nitrogen and oxygen atoms in total. The monoisotopic (exact) mass is 342 g/mol. The first kappa shape index (κ1) is 17.6. The highest BCUT2D eigenvalue weighted by molar-refractivity contribution is 5.79. The predicted octanol–water partition coefficient (Wildman–Crippen LogP) is 1.69. The summed E-state index contributed by atoms with van der Waals surface area (Å²) in [6, 6.07) is 9.83. The van der Waals surface area contributed by atoms with Crippen LogP contribution in [0, 0.1) is 5.92 Å². The number of carbonyl (C=O) groups is 1. The summed E-state index contributed by atoms with van der Waals surface area (Å²) in [5.74, 6) is 0.226. The summed E-state index contributed by atoms with van der Waals surface area (Å²) >= 11 is 0. The maximum atomic E-state index is 12.4. The Kier molecular flexibility index (Phi) is 5.50. The number of nitrogens with zero attached hydrogens (tertiary/aromatic N) is 3. The highest BCUT2D eigenvalue weighted by Gasteiger charge is 2.30. The van der Waals surface area contributed by atoms with Crippen molar-refractivity contribution in [2.24, 2.45) is 5.92 Å². The van der Waals surface area contributed by atoms with Crippen LogP contribution in [0.2, 0.25) is 0 Å². The Hall–Kier alpha value is -2.18. The van der Waals surface area contributed by atoms with Crippen molar-refractivity contribution in [1.29, 1.82) is 0 Å². The molecule has 2 heterocycles. The lowest BCUT2D eigenvalue weighted by molar-refractivity contribution is 0.0254.